The van der Waals surface area contributed by atoms with Crippen molar-refractivity contribution in [2.24, 2.45) is 0 Å². The summed E-state index contributed by atoms with van der Waals surface area (Å²) in [5.74, 6) is 1.84. The van der Waals surface area contributed by atoms with Crippen molar-refractivity contribution in [3.8, 4) is 45.3 Å². The Morgan fingerprint density at radius 3 is 1.48 bits per heavy atom. The van der Waals surface area contributed by atoms with Gasteiger partial charge in [-0.15, -0.1) is 0 Å². The third-order valence-electron chi connectivity index (χ3n) is 9.89. The molecule has 0 unspecified atom stereocenters. The number of hydrogen-bond acceptors (Lipinski definition) is 5. The van der Waals surface area contributed by atoms with E-state index in [9.17, 15) is 0 Å². The lowest BCUT2D eigenvalue weighted by Crippen LogP contribution is -2.09. The Morgan fingerprint density at radius 1 is 0.315 bits per heavy atom. The van der Waals surface area contributed by atoms with E-state index in [1.807, 2.05) is 72.8 Å². The fourth-order valence-electron chi connectivity index (χ4n) is 7.18. The zero-order valence-electron chi connectivity index (χ0n) is 29.2. The first kappa shape index (κ1) is 31.4. The minimum atomic E-state index is 0.590. The van der Waals surface area contributed by atoms with Crippen molar-refractivity contribution in [3.63, 3.8) is 0 Å². The van der Waals surface area contributed by atoms with Gasteiger partial charge in [-0.05, 0) is 76.5 Å². The molecule has 0 aliphatic rings. The molecule has 0 saturated heterocycles. The van der Waals surface area contributed by atoms with E-state index >= 15 is 0 Å². The van der Waals surface area contributed by atoms with Crippen molar-refractivity contribution in [1.29, 1.82) is 0 Å². The summed E-state index contributed by atoms with van der Waals surface area (Å²) >= 11 is 0. The van der Waals surface area contributed by atoms with Crippen LogP contribution in [0.4, 0.5) is 17.1 Å². The summed E-state index contributed by atoms with van der Waals surface area (Å²) in [5, 5.41) is 4.45. The van der Waals surface area contributed by atoms with Crippen LogP contribution in [0.2, 0.25) is 0 Å². The van der Waals surface area contributed by atoms with E-state index in [2.05, 4.69) is 126 Å². The number of benzene rings is 8. The molecule has 8 aromatic carbocycles. The second-order valence-electron chi connectivity index (χ2n) is 13.3. The molecule has 54 heavy (non-hydrogen) atoms. The van der Waals surface area contributed by atoms with Crippen LogP contribution in [0.25, 0.3) is 78.0 Å². The lowest BCUT2D eigenvalue weighted by molar-refractivity contribution is 0.669. The number of furan rings is 1. The highest BCUT2D eigenvalue weighted by molar-refractivity contribution is 6.07. The number of anilines is 3. The Balaban J connectivity index is 1.08. The summed E-state index contributed by atoms with van der Waals surface area (Å²) in [6, 6.07) is 67.1. The van der Waals surface area contributed by atoms with E-state index < -0.39 is 0 Å². The molecule has 0 atom stereocenters. The normalized spacial score (nSPS) is 11.3. The van der Waals surface area contributed by atoms with Crippen LogP contribution in [-0.4, -0.2) is 15.0 Å². The number of aromatic nitrogens is 3. The van der Waals surface area contributed by atoms with Gasteiger partial charge in [-0.25, -0.2) is 15.0 Å². The van der Waals surface area contributed by atoms with E-state index in [0.29, 0.717) is 17.5 Å². The second kappa shape index (κ2) is 13.3. The predicted molar refractivity (Wildman–Crippen MR) is 221 cm³/mol. The van der Waals surface area contributed by atoms with Crippen molar-refractivity contribution >= 4 is 49.8 Å². The lowest BCUT2D eigenvalue weighted by atomic mass is 10.0. The largest absolute Gasteiger partial charge is 0.456 e. The Morgan fingerprint density at radius 2 is 0.815 bits per heavy atom. The fourth-order valence-corrected chi connectivity index (χ4v) is 7.18. The quantitative estimate of drug-likeness (QED) is 0.166. The van der Waals surface area contributed by atoms with Crippen molar-refractivity contribution in [1.82, 2.24) is 15.0 Å². The molecule has 0 fully saturated rings. The summed E-state index contributed by atoms with van der Waals surface area (Å²) in [6.45, 7) is 0. The smallest absolute Gasteiger partial charge is 0.164 e. The number of rotatable bonds is 7. The van der Waals surface area contributed by atoms with E-state index in [0.717, 1.165) is 55.7 Å². The van der Waals surface area contributed by atoms with E-state index in [4.69, 9.17) is 19.4 Å². The van der Waals surface area contributed by atoms with E-state index in [-0.39, 0.29) is 0 Å². The molecule has 5 nitrogen and oxygen atoms in total. The van der Waals surface area contributed by atoms with E-state index in [1.54, 1.807) is 0 Å². The van der Waals surface area contributed by atoms with Crippen LogP contribution >= 0.6 is 0 Å². The molecule has 0 radical (unpaired) electrons. The summed E-state index contributed by atoms with van der Waals surface area (Å²) in [4.78, 5) is 17.1. The third kappa shape index (κ3) is 5.84. The highest BCUT2D eigenvalue weighted by atomic mass is 16.3. The van der Waals surface area contributed by atoms with Gasteiger partial charge >= 0.3 is 0 Å². The highest BCUT2D eigenvalue weighted by Gasteiger charge is 2.18. The van der Waals surface area contributed by atoms with Crippen LogP contribution in [0.3, 0.4) is 0 Å². The molecule has 0 aliphatic heterocycles. The van der Waals surface area contributed by atoms with Crippen LogP contribution in [-0.2, 0) is 0 Å². The average molecular weight is 693 g/mol. The molecule has 2 aromatic heterocycles. The minimum absolute atomic E-state index is 0.590. The highest BCUT2D eigenvalue weighted by Crippen LogP contribution is 2.41. The van der Waals surface area contributed by atoms with Crippen LogP contribution in [0.1, 0.15) is 0 Å². The molecule has 0 N–H and O–H groups in total. The van der Waals surface area contributed by atoms with Gasteiger partial charge in [0.2, 0.25) is 0 Å². The molecule has 254 valence electrons. The monoisotopic (exact) mass is 692 g/mol. The number of nitrogens with zero attached hydrogens (tertiary/aromatic N) is 4. The maximum atomic E-state index is 6.52. The topological polar surface area (TPSA) is 55.1 Å². The minimum Gasteiger partial charge on any atom is -0.456 e. The lowest BCUT2D eigenvalue weighted by Gasteiger charge is -2.26. The Kier molecular flexibility index (Phi) is 7.73. The maximum absolute atomic E-state index is 6.52. The van der Waals surface area contributed by atoms with Gasteiger partial charge in [0.05, 0.1) is 0 Å². The standard InChI is InChI=1S/C49H32N4O/c1-4-12-33(13-5-1)35-20-24-40(25-21-35)53(41-26-22-34-14-10-11-19-38(34)30-41)42-27-29-45-44(32-42)43-28-23-39(31-46(43)54-45)49-51-47(36-15-6-2-7-16-36)50-48(52-49)37-17-8-3-9-18-37/h1-32H. The molecule has 0 bridgehead atoms. The molecule has 0 saturated carbocycles. The zero-order valence-corrected chi connectivity index (χ0v) is 29.2. The maximum Gasteiger partial charge on any atom is 0.164 e. The molecule has 2 heterocycles. The summed E-state index contributed by atoms with van der Waals surface area (Å²) in [5.41, 5.74) is 9.85. The average Bonchev–Trinajstić information content (AvgIpc) is 3.62. The summed E-state index contributed by atoms with van der Waals surface area (Å²) < 4.78 is 6.52. The molecular formula is C49H32N4O. The van der Waals surface area contributed by atoms with Gasteiger partial charge in [0, 0.05) is 44.5 Å². The second-order valence-corrected chi connectivity index (χ2v) is 13.3. The van der Waals surface area contributed by atoms with Crippen molar-refractivity contribution in [2.45, 2.75) is 0 Å². The molecular weight excluding hydrogens is 661 g/mol. The van der Waals surface area contributed by atoms with Crippen LogP contribution < -0.4 is 4.90 Å². The van der Waals surface area contributed by atoms with Gasteiger partial charge in [-0.3, -0.25) is 0 Å². The van der Waals surface area contributed by atoms with Gasteiger partial charge in [0.15, 0.2) is 17.5 Å². The van der Waals surface area contributed by atoms with Crippen LogP contribution in [0, 0.1) is 0 Å². The molecule has 10 aromatic rings. The fraction of sp³-hybridized carbons (Fsp3) is 0. The first-order valence-corrected chi connectivity index (χ1v) is 18.0. The van der Waals surface area contributed by atoms with Gasteiger partial charge in [-0.2, -0.15) is 0 Å². The Bertz CT molecular complexity index is 2870. The SMILES string of the molecule is c1ccc(-c2ccc(N(c3ccc4ccccc4c3)c3ccc4oc5cc(-c6nc(-c7ccccc7)nc(-c7ccccc7)n6)ccc5c4c3)cc2)cc1. The summed E-state index contributed by atoms with van der Waals surface area (Å²) in [6.07, 6.45) is 0. The summed E-state index contributed by atoms with van der Waals surface area (Å²) in [7, 11) is 0. The number of hydrogen-bond donors (Lipinski definition) is 0. The third-order valence-corrected chi connectivity index (χ3v) is 9.89. The first-order valence-electron chi connectivity index (χ1n) is 18.0. The molecule has 0 spiro atoms. The zero-order chi connectivity index (χ0) is 35.8. The Labute approximate surface area is 312 Å². The van der Waals surface area contributed by atoms with Crippen molar-refractivity contribution < 1.29 is 4.42 Å². The van der Waals surface area contributed by atoms with Crippen molar-refractivity contribution in [2.75, 3.05) is 4.90 Å². The van der Waals surface area contributed by atoms with Crippen LogP contribution in [0.15, 0.2) is 199 Å². The van der Waals surface area contributed by atoms with Crippen LogP contribution in [0.5, 0.6) is 0 Å². The molecule has 10 rings (SSSR count). The molecule has 5 heteroatoms. The van der Waals surface area contributed by atoms with E-state index in [1.165, 1.54) is 21.9 Å². The van der Waals surface area contributed by atoms with Crippen molar-refractivity contribution in [3.05, 3.63) is 194 Å². The predicted octanol–water partition coefficient (Wildman–Crippen LogP) is 13.1. The molecule has 0 aliphatic carbocycles. The van der Waals surface area contributed by atoms with Gasteiger partial charge in [-0.1, -0.05) is 140 Å². The van der Waals surface area contributed by atoms with Gasteiger partial charge < -0.3 is 9.32 Å². The molecule has 0 amide bonds. The number of fused-ring (bicyclic) bond motifs is 4. The van der Waals surface area contributed by atoms with Gasteiger partial charge in [0.25, 0.3) is 0 Å². The Hall–Kier alpha value is -7.37. The van der Waals surface area contributed by atoms with Gasteiger partial charge in [0.1, 0.15) is 11.2 Å². The first-order chi connectivity index (χ1) is 26.7.